The quantitative estimate of drug-likeness (QED) is 0.758. The molecule has 5 rings (SSSR count). The second-order valence-corrected chi connectivity index (χ2v) is 8.70. The van der Waals surface area contributed by atoms with Crippen molar-refractivity contribution in [1.29, 1.82) is 0 Å². The van der Waals surface area contributed by atoms with Gasteiger partial charge >= 0.3 is 6.01 Å². The lowest BCUT2D eigenvalue weighted by molar-refractivity contribution is -0.135. The summed E-state index contributed by atoms with van der Waals surface area (Å²) >= 11 is 0. The SMILES string of the molecule is CCOc1nccc(N2CC(CC(=O)N3Cc4c(C)c(C)nc5c4[C@H]3CCC5)C2)n1. The molecular weight excluding hydrogens is 378 g/mol. The van der Waals surface area contributed by atoms with E-state index in [0.29, 0.717) is 25.0 Å². The zero-order valence-electron chi connectivity index (χ0n) is 18.0. The molecule has 2 aromatic heterocycles. The van der Waals surface area contributed by atoms with E-state index in [4.69, 9.17) is 9.72 Å². The van der Waals surface area contributed by atoms with Gasteiger partial charge in [-0.15, -0.1) is 0 Å². The van der Waals surface area contributed by atoms with Crippen LogP contribution < -0.4 is 9.64 Å². The minimum Gasteiger partial charge on any atom is -0.464 e. The molecule has 0 radical (unpaired) electrons. The standard InChI is InChI=1S/C23H29N5O2/c1-4-30-23-24-9-8-20(26-23)27-11-16(12-27)10-21(29)28-13-17-14(2)15(3)25-18-6-5-7-19(28)22(17)18/h8-9,16,19H,4-7,10-13H2,1-3H3/t19-/m1/s1. The van der Waals surface area contributed by atoms with Crippen LogP contribution >= 0.6 is 0 Å². The van der Waals surface area contributed by atoms with Crippen LogP contribution in [0.25, 0.3) is 0 Å². The van der Waals surface area contributed by atoms with Crippen LogP contribution in [0.3, 0.4) is 0 Å². The highest BCUT2D eigenvalue weighted by molar-refractivity contribution is 5.79. The van der Waals surface area contributed by atoms with E-state index in [-0.39, 0.29) is 11.9 Å². The molecule has 1 fully saturated rings. The van der Waals surface area contributed by atoms with E-state index in [1.54, 1.807) is 6.20 Å². The third kappa shape index (κ3) is 3.20. The van der Waals surface area contributed by atoms with Crippen molar-refractivity contribution in [2.45, 2.75) is 59.0 Å². The van der Waals surface area contributed by atoms with Crippen LogP contribution in [0, 0.1) is 19.8 Å². The highest BCUT2D eigenvalue weighted by atomic mass is 16.5. The molecule has 0 aromatic carbocycles. The molecule has 0 N–H and O–H groups in total. The number of aromatic nitrogens is 3. The molecule has 1 saturated heterocycles. The maximum Gasteiger partial charge on any atom is 0.318 e. The maximum absolute atomic E-state index is 13.2. The van der Waals surface area contributed by atoms with Crippen molar-refractivity contribution in [2.75, 3.05) is 24.6 Å². The summed E-state index contributed by atoms with van der Waals surface area (Å²) in [5.74, 6) is 1.53. The van der Waals surface area contributed by atoms with Crippen LogP contribution in [-0.2, 0) is 17.8 Å². The average Bonchev–Trinajstić information content (AvgIpc) is 3.10. The number of ether oxygens (including phenoxy) is 1. The van der Waals surface area contributed by atoms with Gasteiger partial charge in [0.15, 0.2) is 0 Å². The van der Waals surface area contributed by atoms with Gasteiger partial charge in [-0.3, -0.25) is 9.78 Å². The Hall–Kier alpha value is -2.70. The Bertz CT molecular complexity index is 986. The van der Waals surface area contributed by atoms with Crippen molar-refractivity contribution in [3.05, 3.63) is 40.3 Å². The smallest absolute Gasteiger partial charge is 0.318 e. The summed E-state index contributed by atoms with van der Waals surface area (Å²) in [6, 6.07) is 2.55. The predicted molar refractivity (Wildman–Crippen MR) is 113 cm³/mol. The second-order valence-electron chi connectivity index (χ2n) is 8.70. The molecule has 0 spiro atoms. The van der Waals surface area contributed by atoms with Gasteiger partial charge in [0, 0.05) is 55.1 Å². The monoisotopic (exact) mass is 407 g/mol. The molecule has 7 heteroatoms. The van der Waals surface area contributed by atoms with E-state index in [9.17, 15) is 4.79 Å². The molecule has 1 atom stereocenters. The second kappa shape index (κ2) is 7.52. The summed E-state index contributed by atoms with van der Waals surface area (Å²) in [7, 11) is 0. The van der Waals surface area contributed by atoms with Crippen LogP contribution in [0.1, 0.15) is 60.3 Å². The summed E-state index contributed by atoms with van der Waals surface area (Å²) in [5.41, 5.74) is 6.32. The number of nitrogens with zero attached hydrogens (tertiary/aromatic N) is 5. The summed E-state index contributed by atoms with van der Waals surface area (Å²) in [6.07, 6.45) is 5.55. The van der Waals surface area contributed by atoms with Gasteiger partial charge in [-0.1, -0.05) is 0 Å². The Balaban J connectivity index is 1.24. The highest BCUT2D eigenvalue weighted by Gasteiger charge is 2.40. The molecule has 2 aliphatic heterocycles. The fraction of sp³-hybridized carbons (Fsp3) is 0.565. The molecule has 4 heterocycles. The maximum atomic E-state index is 13.2. The predicted octanol–water partition coefficient (Wildman–Crippen LogP) is 3.13. The first-order chi connectivity index (χ1) is 14.5. The number of hydrogen-bond donors (Lipinski definition) is 0. The van der Waals surface area contributed by atoms with Crippen LogP contribution in [0.2, 0.25) is 0 Å². The van der Waals surface area contributed by atoms with Crippen LogP contribution in [-0.4, -0.2) is 45.5 Å². The van der Waals surface area contributed by atoms with Crippen molar-refractivity contribution < 1.29 is 9.53 Å². The summed E-state index contributed by atoms with van der Waals surface area (Å²) in [6.45, 7) is 9.17. The van der Waals surface area contributed by atoms with Gasteiger partial charge in [-0.05, 0) is 57.2 Å². The first-order valence-electron chi connectivity index (χ1n) is 11.0. The lowest BCUT2D eigenvalue weighted by atomic mass is 9.88. The third-order valence-corrected chi connectivity index (χ3v) is 6.82. The largest absolute Gasteiger partial charge is 0.464 e. The van der Waals surface area contributed by atoms with E-state index in [1.807, 2.05) is 13.0 Å². The molecular formula is C23H29N5O2. The molecule has 7 nitrogen and oxygen atoms in total. The lowest BCUT2D eigenvalue weighted by Crippen LogP contribution is -2.49. The Morgan fingerprint density at radius 2 is 2.10 bits per heavy atom. The van der Waals surface area contributed by atoms with Gasteiger partial charge in [0.2, 0.25) is 5.91 Å². The van der Waals surface area contributed by atoms with E-state index < -0.39 is 0 Å². The summed E-state index contributed by atoms with van der Waals surface area (Å²) in [4.78, 5) is 31.0. The molecule has 1 aliphatic carbocycles. The molecule has 3 aliphatic rings. The molecule has 30 heavy (non-hydrogen) atoms. The molecule has 0 unspecified atom stereocenters. The number of hydrogen-bond acceptors (Lipinski definition) is 6. The van der Waals surface area contributed by atoms with Crippen molar-refractivity contribution >= 4 is 11.7 Å². The van der Waals surface area contributed by atoms with Crippen LogP contribution in [0.15, 0.2) is 12.3 Å². The van der Waals surface area contributed by atoms with Gasteiger partial charge in [0.25, 0.3) is 0 Å². The van der Waals surface area contributed by atoms with E-state index in [1.165, 1.54) is 22.4 Å². The van der Waals surface area contributed by atoms with Crippen LogP contribution in [0.5, 0.6) is 6.01 Å². The van der Waals surface area contributed by atoms with Gasteiger partial charge in [-0.25, -0.2) is 4.98 Å². The van der Waals surface area contributed by atoms with Crippen molar-refractivity contribution in [1.82, 2.24) is 19.9 Å². The lowest BCUT2D eigenvalue weighted by Gasteiger charge is -2.40. The number of amides is 1. The molecule has 0 saturated carbocycles. The van der Waals surface area contributed by atoms with Gasteiger partial charge in [0.1, 0.15) is 5.82 Å². The Labute approximate surface area is 177 Å². The molecule has 2 aromatic rings. The third-order valence-electron chi connectivity index (χ3n) is 6.82. The van der Waals surface area contributed by atoms with Crippen molar-refractivity contribution in [3.8, 4) is 6.01 Å². The number of anilines is 1. The number of rotatable bonds is 5. The fourth-order valence-electron chi connectivity index (χ4n) is 5.15. The van der Waals surface area contributed by atoms with Gasteiger partial charge in [-0.2, -0.15) is 4.98 Å². The zero-order valence-corrected chi connectivity index (χ0v) is 18.0. The van der Waals surface area contributed by atoms with Gasteiger partial charge < -0.3 is 14.5 Å². The van der Waals surface area contributed by atoms with Crippen LogP contribution in [0.4, 0.5) is 5.82 Å². The minimum absolute atomic E-state index is 0.231. The molecule has 0 bridgehead atoms. The first kappa shape index (κ1) is 19.3. The summed E-state index contributed by atoms with van der Waals surface area (Å²) in [5, 5.41) is 0. The fourth-order valence-corrected chi connectivity index (χ4v) is 5.15. The number of carbonyl (C=O) groups is 1. The number of aryl methyl sites for hydroxylation is 2. The van der Waals surface area contributed by atoms with Crippen molar-refractivity contribution in [2.24, 2.45) is 5.92 Å². The topological polar surface area (TPSA) is 71.5 Å². The van der Waals surface area contributed by atoms with Crippen molar-refractivity contribution in [3.63, 3.8) is 0 Å². The normalized spacial score (nSPS) is 20.2. The zero-order chi connectivity index (χ0) is 20.8. The van der Waals surface area contributed by atoms with E-state index >= 15 is 0 Å². The Morgan fingerprint density at radius 3 is 2.90 bits per heavy atom. The molecule has 158 valence electrons. The summed E-state index contributed by atoms with van der Waals surface area (Å²) < 4.78 is 5.40. The number of carbonyl (C=O) groups excluding carboxylic acids is 1. The highest BCUT2D eigenvalue weighted by Crippen LogP contribution is 2.44. The van der Waals surface area contributed by atoms with Gasteiger partial charge in [0.05, 0.1) is 12.6 Å². The van der Waals surface area contributed by atoms with E-state index in [2.05, 4.69) is 33.6 Å². The average molecular weight is 408 g/mol. The minimum atomic E-state index is 0.231. The molecule has 1 amide bonds. The Morgan fingerprint density at radius 1 is 1.27 bits per heavy atom. The first-order valence-corrected chi connectivity index (χ1v) is 11.0. The van der Waals surface area contributed by atoms with E-state index in [0.717, 1.165) is 50.4 Å². The number of pyridine rings is 1. The Kier molecular flexibility index (Phi) is 4.83.